The lowest BCUT2D eigenvalue weighted by Crippen LogP contribution is -2.43. The van der Waals surface area contributed by atoms with E-state index in [9.17, 15) is 0 Å². The molecular weight excluding hydrogens is 352 g/mol. The SMILES string of the molecule is CC(C)(C)n1ncc2c(N3CC4CCC(C3)O4)nc(-c3ccc(N)cc3)nc21. The van der Waals surface area contributed by atoms with E-state index in [1.54, 1.807) is 0 Å². The maximum atomic E-state index is 6.03. The molecule has 4 heterocycles. The highest BCUT2D eigenvalue weighted by molar-refractivity contribution is 5.89. The molecule has 5 rings (SSSR count). The summed E-state index contributed by atoms with van der Waals surface area (Å²) in [4.78, 5) is 12.2. The normalized spacial score (nSPS) is 22.2. The Labute approximate surface area is 164 Å². The largest absolute Gasteiger partial charge is 0.399 e. The zero-order valence-electron chi connectivity index (χ0n) is 16.6. The monoisotopic (exact) mass is 378 g/mol. The predicted molar refractivity (Wildman–Crippen MR) is 110 cm³/mol. The van der Waals surface area contributed by atoms with Crippen LogP contribution in [-0.4, -0.2) is 45.0 Å². The van der Waals surface area contributed by atoms with Crippen molar-refractivity contribution in [1.29, 1.82) is 0 Å². The van der Waals surface area contributed by atoms with Crippen LogP contribution in [0.1, 0.15) is 33.6 Å². The Kier molecular flexibility index (Phi) is 3.84. The molecule has 0 amide bonds. The van der Waals surface area contributed by atoms with Crippen LogP contribution in [0.4, 0.5) is 11.5 Å². The van der Waals surface area contributed by atoms with Crippen LogP contribution < -0.4 is 10.6 Å². The number of morpholine rings is 1. The fourth-order valence-corrected chi connectivity index (χ4v) is 4.17. The van der Waals surface area contributed by atoms with Crippen LogP contribution in [0.3, 0.4) is 0 Å². The van der Waals surface area contributed by atoms with Gasteiger partial charge in [-0.05, 0) is 57.9 Å². The van der Waals surface area contributed by atoms with E-state index in [1.165, 1.54) is 0 Å². The van der Waals surface area contributed by atoms with Crippen molar-refractivity contribution in [2.24, 2.45) is 0 Å². The molecule has 2 bridgehead atoms. The van der Waals surface area contributed by atoms with Crippen molar-refractivity contribution in [2.45, 2.75) is 51.4 Å². The zero-order valence-corrected chi connectivity index (χ0v) is 16.6. The van der Waals surface area contributed by atoms with Gasteiger partial charge in [-0.25, -0.2) is 14.6 Å². The summed E-state index contributed by atoms with van der Waals surface area (Å²) in [5.41, 5.74) is 8.25. The first-order chi connectivity index (χ1) is 13.4. The number of nitrogens with zero attached hydrogens (tertiary/aromatic N) is 5. The number of nitrogen functional groups attached to an aromatic ring is 1. The molecular formula is C21H26N6O. The number of ether oxygens (including phenoxy) is 1. The van der Waals surface area contributed by atoms with Gasteiger partial charge in [-0.3, -0.25) is 0 Å². The minimum Gasteiger partial charge on any atom is -0.399 e. The molecule has 7 heteroatoms. The Morgan fingerprint density at radius 2 is 1.71 bits per heavy atom. The van der Waals surface area contributed by atoms with Gasteiger partial charge in [0.2, 0.25) is 0 Å². The first-order valence-electron chi connectivity index (χ1n) is 9.91. The highest BCUT2D eigenvalue weighted by Crippen LogP contribution is 2.34. The molecule has 2 unspecified atom stereocenters. The van der Waals surface area contributed by atoms with E-state index < -0.39 is 0 Å². The minimum absolute atomic E-state index is 0.171. The maximum absolute atomic E-state index is 6.03. The first-order valence-corrected chi connectivity index (χ1v) is 9.91. The van der Waals surface area contributed by atoms with Crippen LogP contribution in [0, 0.1) is 0 Å². The van der Waals surface area contributed by atoms with Gasteiger partial charge in [0.15, 0.2) is 11.5 Å². The number of anilines is 2. The smallest absolute Gasteiger partial charge is 0.164 e. The van der Waals surface area contributed by atoms with Crippen molar-refractivity contribution in [3.63, 3.8) is 0 Å². The fourth-order valence-electron chi connectivity index (χ4n) is 4.17. The average molecular weight is 378 g/mol. The summed E-state index contributed by atoms with van der Waals surface area (Å²) in [6.45, 7) is 8.15. The third kappa shape index (κ3) is 2.90. The van der Waals surface area contributed by atoms with E-state index in [-0.39, 0.29) is 5.54 Å². The zero-order chi connectivity index (χ0) is 19.5. The van der Waals surface area contributed by atoms with Crippen LogP contribution >= 0.6 is 0 Å². The highest BCUT2D eigenvalue weighted by atomic mass is 16.5. The fraction of sp³-hybridized carbons (Fsp3) is 0.476. The van der Waals surface area contributed by atoms with Crippen molar-refractivity contribution in [1.82, 2.24) is 19.7 Å². The number of fused-ring (bicyclic) bond motifs is 3. The first kappa shape index (κ1) is 17.4. The molecule has 7 nitrogen and oxygen atoms in total. The van der Waals surface area contributed by atoms with E-state index in [2.05, 4.69) is 30.8 Å². The molecule has 0 radical (unpaired) electrons. The summed E-state index contributed by atoms with van der Waals surface area (Å²) in [6.07, 6.45) is 4.74. The second kappa shape index (κ2) is 6.17. The highest BCUT2D eigenvalue weighted by Gasteiger charge is 2.35. The molecule has 2 aliphatic rings. The molecule has 2 aromatic heterocycles. The molecule has 2 fully saturated rings. The molecule has 0 aliphatic carbocycles. The molecule has 2 atom stereocenters. The standard InChI is InChI=1S/C21H26N6O/c1-21(2,3)27-20-17(10-23-27)19(26-11-15-8-9-16(12-26)28-15)24-18(25-20)13-4-6-14(22)7-5-13/h4-7,10,15-16H,8-9,11-12,22H2,1-3H3. The maximum Gasteiger partial charge on any atom is 0.164 e. The Hall–Kier alpha value is -2.67. The topological polar surface area (TPSA) is 82.1 Å². The Morgan fingerprint density at radius 1 is 1.04 bits per heavy atom. The van der Waals surface area contributed by atoms with E-state index >= 15 is 0 Å². The van der Waals surface area contributed by atoms with E-state index in [0.717, 1.165) is 54.0 Å². The van der Waals surface area contributed by atoms with Gasteiger partial charge in [0.1, 0.15) is 5.82 Å². The van der Waals surface area contributed by atoms with Gasteiger partial charge in [-0.1, -0.05) is 0 Å². The molecule has 3 aromatic rings. The summed E-state index contributed by atoms with van der Waals surface area (Å²) in [6, 6.07) is 7.72. The van der Waals surface area contributed by atoms with Gasteiger partial charge in [-0.2, -0.15) is 5.10 Å². The predicted octanol–water partition coefficient (Wildman–Crippen LogP) is 3.20. The molecule has 2 saturated heterocycles. The van der Waals surface area contributed by atoms with E-state index in [1.807, 2.05) is 35.1 Å². The van der Waals surface area contributed by atoms with Crippen molar-refractivity contribution in [2.75, 3.05) is 23.7 Å². The number of hydrogen-bond acceptors (Lipinski definition) is 6. The summed E-state index contributed by atoms with van der Waals surface area (Å²) in [7, 11) is 0. The van der Waals surface area contributed by atoms with Crippen LogP contribution in [0.2, 0.25) is 0 Å². The van der Waals surface area contributed by atoms with E-state index in [0.29, 0.717) is 18.0 Å². The second-order valence-electron chi connectivity index (χ2n) is 8.82. The van der Waals surface area contributed by atoms with Gasteiger partial charge in [0, 0.05) is 24.3 Å². The third-order valence-electron chi connectivity index (χ3n) is 5.56. The minimum atomic E-state index is -0.171. The summed E-state index contributed by atoms with van der Waals surface area (Å²) in [5.74, 6) is 1.65. The number of aromatic nitrogens is 4. The van der Waals surface area contributed by atoms with Gasteiger partial charge in [-0.15, -0.1) is 0 Å². The molecule has 146 valence electrons. The van der Waals surface area contributed by atoms with Crippen LogP contribution in [0.15, 0.2) is 30.5 Å². The summed E-state index contributed by atoms with van der Waals surface area (Å²) >= 11 is 0. The van der Waals surface area contributed by atoms with E-state index in [4.69, 9.17) is 20.4 Å². The molecule has 28 heavy (non-hydrogen) atoms. The number of benzene rings is 1. The molecule has 2 aliphatic heterocycles. The van der Waals surface area contributed by atoms with Crippen molar-refractivity contribution >= 4 is 22.5 Å². The van der Waals surface area contributed by atoms with Gasteiger partial charge in [0.05, 0.1) is 29.3 Å². The lowest BCUT2D eigenvalue weighted by molar-refractivity contribution is 0.0303. The van der Waals surface area contributed by atoms with Gasteiger partial charge < -0.3 is 15.4 Å². The van der Waals surface area contributed by atoms with Crippen LogP contribution in [-0.2, 0) is 10.3 Å². The summed E-state index contributed by atoms with van der Waals surface area (Å²) in [5, 5.41) is 5.66. The second-order valence-corrected chi connectivity index (χ2v) is 8.82. The number of hydrogen-bond donors (Lipinski definition) is 1. The quantitative estimate of drug-likeness (QED) is 0.690. The van der Waals surface area contributed by atoms with Crippen molar-refractivity contribution < 1.29 is 4.74 Å². The summed E-state index contributed by atoms with van der Waals surface area (Å²) < 4.78 is 8.02. The molecule has 2 N–H and O–H groups in total. The Morgan fingerprint density at radius 3 is 2.36 bits per heavy atom. The lowest BCUT2D eigenvalue weighted by atomic mass is 10.1. The molecule has 0 saturated carbocycles. The van der Waals surface area contributed by atoms with Crippen molar-refractivity contribution in [3.05, 3.63) is 30.5 Å². The van der Waals surface area contributed by atoms with Crippen LogP contribution in [0.25, 0.3) is 22.4 Å². The van der Waals surface area contributed by atoms with Crippen LogP contribution in [0.5, 0.6) is 0 Å². The average Bonchev–Trinajstić information content (AvgIpc) is 3.24. The Bertz CT molecular complexity index is 1010. The van der Waals surface area contributed by atoms with Gasteiger partial charge in [0.25, 0.3) is 0 Å². The third-order valence-corrected chi connectivity index (χ3v) is 5.56. The molecule has 1 aromatic carbocycles. The van der Waals surface area contributed by atoms with Gasteiger partial charge >= 0.3 is 0 Å². The lowest BCUT2D eigenvalue weighted by Gasteiger charge is -2.33. The molecule has 0 spiro atoms. The number of rotatable bonds is 2. The van der Waals surface area contributed by atoms with Crippen molar-refractivity contribution in [3.8, 4) is 11.4 Å². The Balaban J connectivity index is 1.69. The number of nitrogens with two attached hydrogens (primary N) is 1.